The van der Waals surface area contributed by atoms with Crippen molar-refractivity contribution in [2.45, 2.75) is 0 Å². The summed E-state index contributed by atoms with van der Waals surface area (Å²) in [5, 5.41) is 11.5. The first-order valence-electron chi connectivity index (χ1n) is 4.93. The lowest BCUT2D eigenvalue weighted by Crippen LogP contribution is -2.32. The number of nitrogens with one attached hydrogen (secondary N) is 1. The number of benzene rings is 1. The number of hydrogen-bond acceptors (Lipinski definition) is 3. The van der Waals surface area contributed by atoms with Crippen LogP contribution in [-0.2, 0) is 0 Å². The number of nitriles is 1. The minimum Gasteiger partial charge on any atom is -0.314 e. The topological polar surface area (TPSA) is 56.1 Å². The Balaban J connectivity index is 2.03. The van der Waals surface area contributed by atoms with E-state index >= 15 is 0 Å². The van der Waals surface area contributed by atoms with Gasteiger partial charge in [0.25, 0.3) is 0 Å². The van der Waals surface area contributed by atoms with E-state index in [0.717, 1.165) is 18.2 Å². The molecule has 1 saturated heterocycles. The van der Waals surface area contributed by atoms with Gasteiger partial charge in [0.15, 0.2) is 0 Å². The molecular formula is C11H11N3OS. The number of rotatable bonds is 1. The van der Waals surface area contributed by atoms with E-state index < -0.39 is 0 Å². The summed E-state index contributed by atoms with van der Waals surface area (Å²) >= 11 is 1.74. The molecule has 1 aliphatic rings. The largest absolute Gasteiger partial charge is 0.322 e. The van der Waals surface area contributed by atoms with Gasteiger partial charge in [0.2, 0.25) is 0 Å². The van der Waals surface area contributed by atoms with Crippen LogP contribution in [0.4, 0.5) is 10.5 Å². The normalized spacial score (nSPS) is 14.6. The van der Waals surface area contributed by atoms with Gasteiger partial charge in [0, 0.05) is 18.0 Å². The molecule has 1 fully saturated rings. The first kappa shape index (κ1) is 10.8. The molecule has 5 heteroatoms. The van der Waals surface area contributed by atoms with Crippen molar-refractivity contribution < 1.29 is 4.79 Å². The lowest BCUT2D eigenvalue weighted by atomic mass is 10.2. The summed E-state index contributed by atoms with van der Waals surface area (Å²) < 4.78 is 0. The van der Waals surface area contributed by atoms with Crippen molar-refractivity contribution in [1.29, 1.82) is 5.26 Å². The zero-order valence-corrected chi connectivity index (χ0v) is 9.46. The Kier molecular flexibility index (Phi) is 3.32. The summed E-state index contributed by atoms with van der Waals surface area (Å²) in [6.07, 6.45) is 0. The highest BCUT2D eigenvalue weighted by Gasteiger charge is 2.17. The molecule has 1 heterocycles. The van der Waals surface area contributed by atoms with Crippen molar-refractivity contribution in [2.24, 2.45) is 0 Å². The Morgan fingerprint density at radius 2 is 2.44 bits per heavy atom. The van der Waals surface area contributed by atoms with Crippen molar-refractivity contribution in [3.8, 4) is 6.07 Å². The van der Waals surface area contributed by atoms with E-state index in [1.807, 2.05) is 6.07 Å². The second kappa shape index (κ2) is 4.90. The van der Waals surface area contributed by atoms with Crippen LogP contribution < -0.4 is 5.32 Å². The third-order valence-corrected chi connectivity index (χ3v) is 3.25. The lowest BCUT2D eigenvalue weighted by molar-refractivity contribution is 0.225. The molecule has 0 atom stereocenters. The maximum atomic E-state index is 11.7. The fourth-order valence-corrected chi connectivity index (χ4v) is 2.39. The van der Waals surface area contributed by atoms with Crippen molar-refractivity contribution in [2.75, 3.05) is 23.5 Å². The van der Waals surface area contributed by atoms with Gasteiger partial charge in [0.05, 0.1) is 17.5 Å². The number of anilines is 1. The minimum absolute atomic E-state index is 0.0971. The van der Waals surface area contributed by atoms with Crippen molar-refractivity contribution in [3.63, 3.8) is 0 Å². The Morgan fingerprint density at radius 1 is 1.56 bits per heavy atom. The molecule has 4 nitrogen and oxygen atoms in total. The minimum atomic E-state index is -0.0971. The second-order valence-electron chi connectivity index (χ2n) is 3.42. The smallest absolute Gasteiger partial charge is 0.314 e. The van der Waals surface area contributed by atoms with Gasteiger partial charge in [-0.05, 0) is 18.2 Å². The molecule has 2 amide bonds. The average Bonchev–Trinajstić information content (AvgIpc) is 2.83. The molecule has 0 unspecified atom stereocenters. The SMILES string of the molecule is N#Cc1cccc(NC(=O)N2CCSC2)c1. The number of urea groups is 1. The van der Waals surface area contributed by atoms with Gasteiger partial charge in [-0.25, -0.2) is 4.79 Å². The highest BCUT2D eigenvalue weighted by Crippen LogP contribution is 2.16. The molecule has 1 aliphatic heterocycles. The van der Waals surface area contributed by atoms with E-state index in [1.54, 1.807) is 40.9 Å². The van der Waals surface area contributed by atoms with E-state index in [9.17, 15) is 4.79 Å². The van der Waals surface area contributed by atoms with Gasteiger partial charge in [-0.15, -0.1) is 11.8 Å². The van der Waals surface area contributed by atoms with Crippen LogP contribution in [0, 0.1) is 11.3 Å². The highest BCUT2D eigenvalue weighted by atomic mass is 32.2. The third kappa shape index (κ3) is 2.47. The van der Waals surface area contributed by atoms with Crippen molar-refractivity contribution >= 4 is 23.5 Å². The predicted octanol–water partition coefficient (Wildman–Crippen LogP) is 2.10. The molecular weight excluding hydrogens is 222 g/mol. The summed E-state index contributed by atoms with van der Waals surface area (Å²) in [7, 11) is 0. The van der Waals surface area contributed by atoms with Gasteiger partial charge in [0.1, 0.15) is 0 Å². The number of thioether (sulfide) groups is 1. The first-order valence-corrected chi connectivity index (χ1v) is 6.09. The lowest BCUT2D eigenvalue weighted by Gasteiger charge is -2.15. The van der Waals surface area contributed by atoms with E-state index in [4.69, 9.17) is 5.26 Å². The molecule has 2 rings (SSSR count). The highest BCUT2D eigenvalue weighted by molar-refractivity contribution is 7.99. The van der Waals surface area contributed by atoms with Crippen LogP contribution in [0.25, 0.3) is 0 Å². The summed E-state index contributed by atoms with van der Waals surface area (Å²) in [5.74, 6) is 1.73. The van der Waals surface area contributed by atoms with E-state index in [0.29, 0.717) is 11.3 Å². The number of hydrogen-bond donors (Lipinski definition) is 1. The van der Waals surface area contributed by atoms with Crippen LogP contribution in [-0.4, -0.2) is 29.1 Å². The van der Waals surface area contributed by atoms with Crippen LogP contribution in [0.5, 0.6) is 0 Å². The maximum Gasteiger partial charge on any atom is 0.322 e. The molecule has 0 spiro atoms. The second-order valence-corrected chi connectivity index (χ2v) is 4.50. The number of amides is 2. The molecule has 82 valence electrons. The van der Waals surface area contributed by atoms with Gasteiger partial charge in [-0.2, -0.15) is 5.26 Å². The maximum absolute atomic E-state index is 11.7. The molecule has 16 heavy (non-hydrogen) atoms. The van der Waals surface area contributed by atoms with Crippen LogP contribution in [0.3, 0.4) is 0 Å². The van der Waals surface area contributed by atoms with Gasteiger partial charge in [-0.1, -0.05) is 6.07 Å². The van der Waals surface area contributed by atoms with Crippen LogP contribution >= 0.6 is 11.8 Å². The molecule has 0 bridgehead atoms. The quantitative estimate of drug-likeness (QED) is 0.808. The Hall–Kier alpha value is -1.67. The number of carbonyl (C=O) groups is 1. The van der Waals surface area contributed by atoms with Crippen LogP contribution in [0.1, 0.15) is 5.56 Å². The zero-order valence-electron chi connectivity index (χ0n) is 8.64. The fourth-order valence-electron chi connectivity index (χ4n) is 1.44. The molecule has 1 N–H and O–H groups in total. The molecule has 0 radical (unpaired) electrons. The van der Waals surface area contributed by atoms with Crippen molar-refractivity contribution in [3.05, 3.63) is 29.8 Å². The Labute approximate surface area is 98.2 Å². The number of carbonyl (C=O) groups excluding carboxylic acids is 1. The zero-order chi connectivity index (χ0) is 11.4. The van der Waals surface area contributed by atoms with Crippen molar-refractivity contribution in [1.82, 2.24) is 4.90 Å². The molecule has 1 aromatic rings. The average molecular weight is 233 g/mol. The molecule has 0 aliphatic carbocycles. The van der Waals surface area contributed by atoms with E-state index in [-0.39, 0.29) is 6.03 Å². The van der Waals surface area contributed by atoms with Gasteiger partial charge >= 0.3 is 6.03 Å². The monoisotopic (exact) mass is 233 g/mol. The standard InChI is InChI=1S/C11H11N3OS/c12-7-9-2-1-3-10(6-9)13-11(15)14-4-5-16-8-14/h1-3,6H,4-5,8H2,(H,13,15). The van der Waals surface area contributed by atoms with E-state index in [1.165, 1.54) is 0 Å². The molecule has 1 aromatic carbocycles. The molecule has 0 saturated carbocycles. The summed E-state index contributed by atoms with van der Waals surface area (Å²) in [5.41, 5.74) is 1.22. The summed E-state index contributed by atoms with van der Waals surface area (Å²) in [6, 6.07) is 8.86. The predicted molar refractivity (Wildman–Crippen MR) is 64.2 cm³/mol. The van der Waals surface area contributed by atoms with Gasteiger partial charge < -0.3 is 10.2 Å². The summed E-state index contributed by atoms with van der Waals surface area (Å²) in [6.45, 7) is 0.786. The Morgan fingerprint density at radius 3 is 3.12 bits per heavy atom. The molecule has 0 aromatic heterocycles. The number of nitrogens with zero attached hydrogens (tertiary/aromatic N) is 2. The Bertz CT molecular complexity index is 435. The summed E-state index contributed by atoms with van der Waals surface area (Å²) in [4.78, 5) is 13.5. The first-order chi connectivity index (χ1) is 7.79. The van der Waals surface area contributed by atoms with Crippen LogP contribution in [0.2, 0.25) is 0 Å². The van der Waals surface area contributed by atoms with Crippen LogP contribution in [0.15, 0.2) is 24.3 Å². The van der Waals surface area contributed by atoms with E-state index in [2.05, 4.69) is 5.32 Å². The van der Waals surface area contributed by atoms with Gasteiger partial charge in [-0.3, -0.25) is 0 Å². The third-order valence-electron chi connectivity index (χ3n) is 2.28. The fraction of sp³-hybridized carbons (Fsp3) is 0.273.